The standard InChI is InChI=1S/C18H33N3/c1-15(2)14-19-11-10-18(3,4)13-16-9-12-21(20-16)17-7-5-6-8-17/h9,12,15,17,19H,5-8,10-11,13-14H2,1-4H3. The van der Waals surface area contributed by atoms with Gasteiger partial charge in [-0.2, -0.15) is 5.10 Å². The van der Waals surface area contributed by atoms with Gasteiger partial charge < -0.3 is 5.32 Å². The molecule has 0 spiro atoms. The summed E-state index contributed by atoms with van der Waals surface area (Å²) in [5.41, 5.74) is 1.58. The topological polar surface area (TPSA) is 29.9 Å². The van der Waals surface area contributed by atoms with Crippen LogP contribution in [0.5, 0.6) is 0 Å². The van der Waals surface area contributed by atoms with Gasteiger partial charge in [-0.15, -0.1) is 0 Å². The Labute approximate surface area is 130 Å². The maximum Gasteiger partial charge on any atom is 0.0630 e. The Hall–Kier alpha value is -0.830. The molecule has 0 unspecified atom stereocenters. The van der Waals surface area contributed by atoms with Crippen LogP contribution in [-0.2, 0) is 6.42 Å². The first-order valence-corrected chi connectivity index (χ1v) is 8.71. The van der Waals surface area contributed by atoms with Crippen LogP contribution in [0.2, 0.25) is 0 Å². The molecule has 0 saturated heterocycles. The van der Waals surface area contributed by atoms with E-state index in [9.17, 15) is 0 Å². The Kier molecular flexibility index (Phi) is 5.86. The summed E-state index contributed by atoms with van der Waals surface area (Å²) in [4.78, 5) is 0. The second kappa shape index (κ2) is 7.44. The summed E-state index contributed by atoms with van der Waals surface area (Å²) in [7, 11) is 0. The van der Waals surface area contributed by atoms with E-state index in [4.69, 9.17) is 5.10 Å². The second-order valence-corrected chi connectivity index (χ2v) is 7.91. The Morgan fingerprint density at radius 2 is 2.05 bits per heavy atom. The van der Waals surface area contributed by atoms with Gasteiger partial charge in [0.2, 0.25) is 0 Å². The summed E-state index contributed by atoms with van der Waals surface area (Å²) in [6, 6.07) is 2.89. The largest absolute Gasteiger partial charge is 0.316 e. The van der Waals surface area contributed by atoms with E-state index in [2.05, 4.69) is 50.0 Å². The number of nitrogens with one attached hydrogen (secondary N) is 1. The van der Waals surface area contributed by atoms with E-state index in [1.165, 1.54) is 37.8 Å². The number of rotatable bonds is 8. The fraction of sp³-hybridized carbons (Fsp3) is 0.833. The first-order chi connectivity index (χ1) is 9.96. The van der Waals surface area contributed by atoms with Crippen molar-refractivity contribution in [3.8, 4) is 0 Å². The van der Waals surface area contributed by atoms with E-state index in [0.717, 1.165) is 25.4 Å². The van der Waals surface area contributed by atoms with Crippen LogP contribution < -0.4 is 5.32 Å². The first kappa shape index (κ1) is 16.5. The first-order valence-electron chi connectivity index (χ1n) is 8.71. The molecule has 0 aromatic carbocycles. The van der Waals surface area contributed by atoms with Gasteiger partial charge >= 0.3 is 0 Å². The zero-order valence-electron chi connectivity index (χ0n) is 14.4. The lowest BCUT2D eigenvalue weighted by Crippen LogP contribution is -2.26. The van der Waals surface area contributed by atoms with E-state index in [1.54, 1.807) is 0 Å². The van der Waals surface area contributed by atoms with E-state index < -0.39 is 0 Å². The zero-order chi connectivity index (χ0) is 15.3. The molecule has 1 aromatic rings. The molecule has 2 rings (SSSR count). The Morgan fingerprint density at radius 1 is 1.33 bits per heavy atom. The van der Waals surface area contributed by atoms with Gasteiger partial charge in [0.05, 0.1) is 11.7 Å². The van der Waals surface area contributed by atoms with Crippen molar-refractivity contribution in [2.24, 2.45) is 11.3 Å². The van der Waals surface area contributed by atoms with Crippen LogP contribution in [0.3, 0.4) is 0 Å². The van der Waals surface area contributed by atoms with Crippen LogP contribution >= 0.6 is 0 Å². The third kappa shape index (κ3) is 5.46. The van der Waals surface area contributed by atoms with E-state index in [1.807, 2.05) is 0 Å². The molecular formula is C18H33N3. The molecule has 1 aliphatic rings. The molecule has 1 N–H and O–H groups in total. The molecule has 1 heterocycles. The number of aromatic nitrogens is 2. The molecule has 0 radical (unpaired) electrons. The lowest BCUT2D eigenvalue weighted by molar-refractivity contribution is 0.317. The van der Waals surface area contributed by atoms with Crippen LogP contribution in [-0.4, -0.2) is 22.9 Å². The van der Waals surface area contributed by atoms with Gasteiger partial charge in [-0.05, 0) is 56.2 Å². The van der Waals surface area contributed by atoms with Gasteiger partial charge in [-0.3, -0.25) is 4.68 Å². The van der Waals surface area contributed by atoms with Gasteiger partial charge in [0.25, 0.3) is 0 Å². The van der Waals surface area contributed by atoms with Gasteiger partial charge in [0.1, 0.15) is 0 Å². The number of hydrogen-bond donors (Lipinski definition) is 1. The van der Waals surface area contributed by atoms with Crippen LogP contribution in [0.25, 0.3) is 0 Å². The molecule has 1 aromatic heterocycles. The third-order valence-corrected chi connectivity index (χ3v) is 4.55. The molecule has 0 bridgehead atoms. The van der Waals surface area contributed by atoms with Crippen LogP contribution in [0.4, 0.5) is 0 Å². The Balaban J connectivity index is 1.79. The monoisotopic (exact) mass is 291 g/mol. The number of nitrogens with zero attached hydrogens (tertiary/aromatic N) is 2. The summed E-state index contributed by atoms with van der Waals surface area (Å²) in [5.74, 6) is 0.732. The lowest BCUT2D eigenvalue weighted by atomic mass is 9.84. The average molecular weight is 291 g/mol. The summed E-state index contributed by atoms with van der Waals surface area (Å²) in [6.45, 7) is 11.5. The molecule has 1 aliphatic carbocycles. The molecular weight excluding hydrogens is 258 g/mol. The van der Waals surface area contributed by atoms with Crippen molar-refractivity contribution in [2.75, 3.05) is 13.1 Å². The quantitative estimate of drug-likeness (QED) is 0.727. The van der Waals surface area contributed by atoms with E-state index >= 15 is 0 Å². The van der Waals surface area contributed by atoms with Crippen molar-refractivity contribution in [3.05, 3.63) is 18.0 Å². The van der Waals surface area contributed by atoms with Crippen LogP contribution in [0, 0.1) is 11.3 Å². The fourth-order valence-corrected chi connectivity index (χ4v) is 3.24. The highest BCUT2D eigenvalue weighted by Gasteiger charge is 2.21. The Bertz CT molecular complexity index is 414. The normalized spacial score (nSPS) is 17.0. The predicted molar refractivity (Wildman–Crippen MR) is 89.5 cm³/mol. The highest BCUT2D eigenvalue weighted by atomic mass is 15.3. The summed E-state index contributed by atoms with van der Waals surface area (Å²) < 4.78 is 2.22. The molecule has 0 aliphatic heterocycles. The van der Waals surface area contributed by atoms with Crippen molar-refractivity contribution in [1.82, 2.24) is 15.1 Å². The molecule has 3 heteroatoms. The summed E-state index contributed by atoms with van der Waals surface area (Å²) in [5, 5.41) is 8.38. The third-order valence-electron chi connectivity index (χ3n) is 4.55. The smallest absolute Gasteiger partial charge is 0.0630 e. The minimum Gasteiger partial charge on any atom is -0.316 e. The molecule has 3 nitrogen and oxygen atoms in total. The molecule has 0 atom stereocenters. The van der Waals surface area contributed by atoms with Crippen molar-refractivity contribution < 1.29 is 0 Å². The highest BCUT2D eigenvalue weighted by molar-refractivity contribution is 5.03. The van der Waals surface area contributed by atoms with Gasteiger partial charge in [0.15, 0.2) is 0 Å². The minimum absolute atomic E-state index is 0.318. The molecule has 21 heavy (non-hydrogen) atoms. The molecule has 0 amide bonds. The maximum atomic E-state index is 4.83. The minimum atomic E-state index is 0.318. The maximum absolute atomic E-state index is 4.83. The fourth-order valence-electron chi connectivity index (χ4n) is 3.24. The average Bonchev–Trinajstić information content (AvgIpc) is 3.04. The van der Waals surface area contributed by atoms with Crippen molar-refractivity contribution >= 4 is 0 Å². The summed E-state index contributed by atoms with van der Waals surface area (Å²) >= 11 is 0. The molecule has 1 fully saturated rings. The van der Waals surface area contributed by atoms with Gasteiger partial charge in [0, 0.05) is 6.20 Å². The van der Waals surface area contributed by atoms with E-state index in [0.29, 0.717) is 11.5 Å². The van der Waals surface area contributed by atoms with Crippen molar-refractivity contribution in [1.29, 1.82) is 0 Å². The van der Waals surface area contributed by atoms with Gasteiger partial charge in [-0.1, -0.05) is 40.5 Å². The summed E-state index contributed by atoms with van der Waals surface area (Å²) in [6.07, 6.45) is 9.83. The SMILES string of the molecule is CC(C)CNCCC(C)(C)Cc1ccn(C2CCCC2)n1. The number of hydrogen-bond acceptors (Lipinski definition) is 2. The highest BCUT2D eigenvalue weighted by Crippen LogP contribution is 2.30. The van der Waals surface area contributed by atoms with Crippen LogP contribution in [0.1, 0.15) is 71.5 Å². The lowest BCUT2D eigenvalue weighted by Gasteiger charge is -2.24. The van der Waals surface area contributed by atoms with Crippen molar-refractivity contribution in [2.45, 2.75) is 72.3 Å². The van der Waals surface area contributed by atoms with Crippen LogP contribution in [0.15, 0.2) is 12.3 Å². The predicted octanol–water partition coefficient (Wildman–Crippen LogP) is 4.20. The molecule has 120 valence electrons. The van der Waals surface area contributed by atoms with E-state index in [-0.39, 0.29) is 0 Å². The zero-order valence-corrected chi connectivity index (χ0v) is 14.4. The molecule has 1 saturated carbocycles. The van der Waals surface area contributed by atoms with Crippen molar-refractivity contribution in [3.63, 3.8) is 0 Å². The Morgan fingerprint density at radius 3 is 2.71 bits per heavy atom. The van der Waals surface area contributed by atoms with Gasteiger partial charge in [-0.25, -0.2) is 0 Å². The second-order valence-electron chi connectivity index (χ2n) is 7.91.